The molecule has 0 bridgehead atoms. The fourth-order valence-electron chi connectivity index (χ4n) is 2.35. The number of allylic oxidation sites excluding steroid dienone is 1. The van der Waals surface area contributed by atoms with Crippen molar-refractivity contribution in [2.24, 2.45) is 0 Å². The zero-order valence-corrected chi connectivity index (χ0v) is 13.7. The molecule has 0 amide bonds. The Hall–Kier alpha value is -2.39. The van der Waals surface area contributed by atoms with Crippen molar-refractivity contribution in [1.82, 2.24) is 14.5 Å². The third-order valence-electron chi connectivity index (χ3n) is 3.54. The molecule has 0 aliphatic carbocycles. The van der Waals surface area contributed by atoms with Gasteiger partial charge in [-0.1, -0.05) is 48.9 Å². The first-order valence-corrected chi connectivity index (χ1v) is 8.02. The van der Waals surface area contributed by atoms with E-state index in [-0.39, 0.29) is 0 Å². The number of benzene rings is 1. The highest BCUT2D eigenvalue weighted by Crippen LogP contribution is 2.19. The van der Waals surface area contributed by atoms with E-state index in [0.717, 1.165) is 34.0 Å². The summed E-state index contributed by atoms with van der Waals surface area (Å²) in [5, 5.41) is 0.771. The third kappa shape index (κ3) is 3.88. The van der Waals surface area contributed by atoms with E-state index in [1.54, 1.807) is 0 Å². The van der Waals surface area contributed by atoms with Gasteiger partial charge in [-0.05, 0) is 35.7 Å². The van der Waals surface area contributed by atoms with E-state index in [2.05, 4.69) is 29.0 Å². The maximum atomic E-state index is 6.21. The predicted octanol–water partition coefficient (Wildman–Crippen LogP) is 5.07. The van der Waals surface area contributed by atoms with Gasteiger partial charge in [-0.25, -0.2) is 4.98 Å². The second-order valence-corrected chi connectivity index (χ2v) is 5.71. The van der Waals surface area contributed by atoms with Gasteiger partial charge in [0.15, 0.2) is 0 Å². The van der Waals surface area contributed by atoms with Crippen LogP contribution in [0.4, 0.5) is 0 Å². The van der Waals surface area contributed by atoms with E-state index in [1.807, 2.05) is 59.7 Å². The van der Waals surface area contributed by atoms with Gasteiger partial charge >= 0.3 is 0 Å². The van der Waals surface area contributed by atoms with Crippen LogP contribution in [0.5, 0.6) is 0 Å². The lowest BCUT2D eigenvalue weighted by Gasteiger charge is -2.04. The van der Waals surface area contributed by atoms with Crippen molar-refractivity contribution in [3.63, 3.8) is 0 Å². The topological polar surface area (TPSA) is 30.7 Å². The number of nitrogens with zero attached hydrogens (tertiary/aromatic N) is 3. The fourth-order valence-corrected chi connectivity index (χ4v) is 2.54. The molecular formula is C19H18ClN3. The average Bonchev–Trinajstić information content (AvgIpc) is 3.04. The van der Waals surface area contributed by atoms with Crippen molar-refractivity contribution >= 4 is 17.7 Å². The molecule has 4 heteroatoms. The van der Waals surface area contributed by atoms with Gasteiger partial charge in [0, 0.05) is 24.0 Å². The summed E-state index contributed by atoms with van der Waals surface area (Å²) in [6.07, 6.45) is 10.9. The van der Waals surface area contributed by atoms with E-state index in [9.17, 15) is 0 Å². The molecule has 0 saturated carbocycles. The zero-order valence-electron chi connectivity index (χ0n) is 13.0. The summed E-state index contributed by atoms with van der Waals surface area (Å²) in [6.45, 7) is 2.82. The van der Waals surface area contributed by atoms with Gasteiger partial charge in [0.2, 0.25) is 0 Å². The summed E-state index contributed by atoms with van der Waals surface area (Å²) in [4.78, 5) is 8.89. The monoisotopic (exact) mass is 323 g/mol. The summed E-state index contributed by atoms with van der Waals surface area (Å²) >= 11 is 6.21. The minimum absolute atomic E-state index is 0.697. The quantitative estimate of drug-likeness (QED) is 0.656. The number of aromatic nitrogens is 3. The molecule has 0 aliphatic rings. The normalized spacial score (nSPS) is 11.2. The van der Waals surface area contributed by atoms with Gasteiger partial charge in [-0.2, -0.15) is 0 Å². The molecular weight excluding hydrogens is 306 g/mol. The number of pyridine rings is 1. The van der Waals surface area contributed by atoms with Crippen LogP contribution in [-0.4, -0.2) is 14.5 Å². The van der Waals surface area contributed by atoms with Crippen LogP contribution < -0.4 is 0 Å². The number of hydrogen-bond acceptors (Lipinski definition) is 2. The molecule has 0 radical (unpaired) electrons. The first-order chi connectivity index (χ1) is 11.3. The lowest BCUT2D eigenvalue weighted by molar-refractivity contribution is 0.798. The SMILES string of the molecule is CC/C=C/c1ccnc(-c2cn(Cc3ccccc3Cl)cn2)c1. The molecule has 0 saturated heterocycles. The van der Waals surface area contributed by atoms with E-state index >= 15 is 0 Å². The van der Waals surface area contributed by atoms with Crippen molar-refractivity contribution < 1.29 is 0 Å². The highest BCUT2D eigenvalue weighted by atomic mass is 35.5. The van der Waals surface area contributed by atoms with Crippen LogP contribution in [0.2, 0.25) is 5.02 Å². The van der Waals surface area contributed by atoms with Crippen molar-refractivity contribution in [2.75, 3.05) is 0 Å². The first kappa shape index (κ1) is 15.5. The largest absolute Gasteiger partial charge is 0.332 e. The number of hydrogen-bond donors (Lipinski definition) is 0. The summed E-state index contributed by atoms with van der Waals surface area (Å²) in [6, 6.07) is 11.9. The van der Waals surface area contributed by atoms with Crippen LogP contribution in [-0.2, 0) is 6.54 Å². The summed E-state index contributed by atoms with van der Waals surface area (Å²) in [5.41, 5.74) is 3.95. The minimum Gasteiger partial charge on any atom is -0.332 e. The summed E-state index contributed by atoms with van der Waals surface area (Å²) in [7, 11) is 0. The first-order valence-electron chi connectivity index (χ1n) is 7.64. The van der Waals surface area contributed by atoms with Gasteiger partial charge in [0.05, 0.1) is 12.0 Å². The maximum Gasteiger partial charge on any atom is 0.107 e. The molecule has 3 nitrogen and oxygen atoms in total. The average molecular weight is 324 g/mol. The Bertz CT molecular complexity index is 821. The Morgan fingerprint density at radius 3 is 2.83 bits per heavy atom. The minimum atomic E-state index is 0.697. The number of halogens is 1. The smallest absolute Gasteiger partial charge is 0.107 e. The molecule has 0 aliphatic heterocycles. The third-order valence-corrected chi connectivity index (χ3v) is 3.91. The van der Waals surface area contributed by atoms with Crippen LogP contribution in [0.25, 0.3) is 17.5 Å². The highest BCUT2D eigenvalue weighted by molar-refractivity contribution is 6.31. The maximum absolute atomic E-state index is 6.21. The summed E-state index contributed by atoms with van der Waals surface area (Å²) in [5.74, 6) is 0. The Kier molecular flexibility index (Phi) is 4.89. The molecule has 2 aromatic heterocycles. The van der Waals surface area contributed by atoms with E-state index in [0.29, 0.717) is 6.54 Å². The number of rotatable bonds is 5. The van der Waals surface area contributed by atoms with E-state index < -0.39 is 0 Å². The van der Waals surface area contributed by atoms with Crippen molar-refractivity contribution in [3.05, 3.63) is 77.3 Å². The van der Waals surface area contributed by atoms with Gasteiger partial charge in [-0.15, -0.1) is 0 Å². The number of imidazole rings is 1. The van der Waals surface area contributed by atoms with Crippen molar-refractivity contribution in [2.45, 2.75) is 19.9 Å². The standard InChI is InChI=1S/C19H18ClN3/c1-2-3-6-15-9-10-21-18(11-15)19-13-23(14-22-19)12-16-7-4-5-8-17(16)20/h3-11,13-14H,2,12H2,1H3/b6-3+. The Morgan fingerprint density at radius 2 is 2.00 bits per heavy atom. The van der Waals surface area contributed by atoms with Gasteiger partial charge in [0.25, 0.3) is 0 Å². The van der Waals surface area contributed by atoms with Gasteiger partial charge < -0.3 is 4.57 Å². The van der Waals surface area contributed by atoms with E-state index in [1.165, 1.54) is 0 Å². The van der Waals surface area contributed by atoms with Crippen molar-refractivity contribution in [3.8, 4) is 11.4 Å². The Labute approximate surface area is 141 Å². The molecule has 1 aromatic carbocycles. The second-order valence-electron chi connectivity index (χ2n) is 5.31. The fraction of sp³-hybridized carbons (Fsp3) is 0.158. The molecule has 0 unspecified atom stereocenters. The lowest BCUT2D eigenvalue weighted by Crippen LogP contribution is -1.96. The van der Waals surface area contributed by atoms with Crippen LogP contribution in [0.3, 0.4) is 0 Å². The van der Waals surface area contributed by atoms with Crippen LogP contribution >= 0.6 is 11.6 Å². The summed E-state index contributed by atoms with van der Waals surface area (Å²) < 4.78 is 2.02. The molecule has 3 aromatic rings. The lowest BCUT2D eigenvalue weighted by atomic mass is 10.2. The van der Waals surface area contributed by atoms with E-state index in [4.69, 9.17) is 11.6 Å². The molecule has 0 spiro atoms. The van der Waals surface area contributed by atoms with Crippen LogP contribution in [0, 0.1) is 0 Å². The molecule has 3 rings (SSSR count). The molecule has 0 atom stereocenters. The van der Waals surface area contributed by atoms with Crippen LogP contribution in [0.1, 0.15) is 24.5 Å². The van der Waals surface area contributed by atoms with Crippen LogP contribution in [0.15, 0.2) is 61.2 Å². The van der Waals surface area contributed by atoms with Gasteiger partial charge in [0.1, 0.15) is 5.69 Å². The molecule has 0 fully saturated rings. The molecule has 116 valence electrons. The Morgan fingerprint density at radius 1 is 1.13 bits per heavy atom. The van der Waals surface area contributed by atoms with Gasteiger partial charge in [-0.3, -0.25) is 4.98 Å². The molecule has 0 N–H and O–H groups in total. The zero-order chi connectivity index (χ0) is 16.1. The Balaban J connectivity index is 1.82. The van der Waals surface area contributed by atoms with Crippen molar-refractivity contribution in [1.29, 1.82) is 0 Å². The highest BCUT2D eigenvalue weighted by Gasteiger charge is 2.06. The second kappa shape index (κ2) is 7.25. The predicted molar refractivity (Wildman–Crippen MR) is 95.3 cm³/mol. The molecule has 23 heavy (non-hydrogen) atoms. The molecule has 2 heterocycles.